The molecular formula is C27H26BrF3N4O4S. The standard InChI is InChI=1S/C27H26BrF3N4O4S/c1-15-24(26(32)36)35(14-33-15)18(10-8-16-6-7-16)12-17-9-11-22-20(13-17)23(28)25(39-22)19-4-2-3-5-21(19)34-40(37,38)27(29,30)31/h2-5,9,11,13-14,16,18,34H,6-8,10,12H2,1H3,(H2,32,36). The molecular weight excluding hydrogens is 613 g/mol. The van der Waals surface area contributed by atoms with Gasteiger partial charge in [-0.25, -0.2) is 4.98 Å². The van der Waals surface area contributed by atoms with E-state index >= 15 is 0 Å². The predicted molar refractivity (Wildman–Crippen MR) is 148 cm³/mol. The monoisotopic (exact) mass is 638 g/mol. The molecule has 1 unspecified atom stereocenters. The second-order valence-corrected chi connectivity index (χ2v) is 12.5. The normalized spacial score (nSPS) is 14.9. The van der Waals surface area contributed by atoms with Gasteiger partial charge in [-0.05, 0) is 77.9 Å². The highest BCUT2D eigenvalue weighted by Crippen LogP contribution is 2.42. The van der Waals surface area contributed by atoms with Gasteiger partial charge in [0.2, 0.25) is 0 Å². The first-order valence-corrected chi connectivity index (χ1v) is 14.9. The molecule has 2 aromatic carbocycles. The molecule has 3 N–H and O–H groups in total. The molecule has 1 aliphatic rings. The first kappa shape index (κ1) is 28.2. The van der Waals surface area contributed by atoms with Crippen LogP contribution in [0, 0.1) is 12.8 Å². The number of para-hydroxylation sites is 1. The lowest BCUT2D eigenvalue weighted by molar-refractivity contribution is -0.0429. The van der Waals surface area contributed by atoms with Gasteiger partial charge in [0.25, 0.3) is 5.91 Å². The highest BCUT2D eigenvalue weighted by molar-refractivity contribution is 9.10. The van der Waals surface area contributed by atoms with E-state index < -0.39 is 21.4 Å². The first-order chi connectivity index (χ1) is 18.9. The Kier molecular flexibility index (Phi) is 7.47. The number of nitrogens with zero attached hydrogens (tertiary/aromatic N) is 2. The zero-order chi connectivity index (χ0) is 28.8. The van der Waals surface area contributed by atoms with Crippen LogP contribution in [0.25, 0.3) is 22.3 Å². The molecule has 212 valence electrons. The number of aryl methyl sites for hydroxylation is 1. The minimum atomic E-state index is -5.63. The quantitative estimate of drug-likeness (QED) is 0.200. The number of benzene rings is 2. The van der Waals surface area contributed by atoms with Crippen molar-refractivity contribution in [2.24, 2.45) is 11.7 Å². The molecule has 0 radical (unpaired) electrons. The molecule has 40 heavy (non-hydrogen) atoms. The van der Waals surface area contributed by atoms with E-state index in [9.17, 15) is 26.4 Å². The van der Waals surface area contributed by atoms with Crippen LogP contribution < -0.4 is 10.5 Å². The number of amides is 1. The number of imidazole rings is 1. The fourth-order valence-electron chi connectivity index (χ4n) is 4.87. The van der Waals surface area contributed by atoms with Gasteiger partial charge in [0.15, 0.2) is 5.76 Å². The lowest BCUT2D eigenvalue weighted by atomic mass is 9.98. The highest BCUT2D eigenvalue weighted by atomic mass is 79.9. The van der Waals surface area contributed by atoms with Crippen molar-refractivity contribution in [3.63, 3.8) is 0 Å². The lowest BCUT2D eigenvalue weighted by Gasteiger charge is -2.21. The Morgan fingerprint density at radius 2 is 1.98 bits per heavy atom. The summed E-state index contributed by atoms with van der Waals surface area (Å²) < 4.78 is 72.6. The number of anilines is 1. The number of fused-ring (bicyclic) bond motifs is 1. The molecule has 4 aromatic rings. The number of nitrogens with one attached hydrogen (secondary N) is 1. The Balaban J connectivity index is 1.49. The Hall–Kier alpha value is -3.32. The van der Waals surface area contributed by atoms with Crippen LogP contribution >= 0.6 is 15.9 Å². The van der Waals surface area contributed by atoms with Gasteiger partial charge in [0.1, 0.15) is 11.3 Å². The van der Waals surface area contributed by atoms with E-state index in [1.165, 1.54) is 31.0 Å². The maximum absolute atomic E-state index is 13.0. The molecule has 1 fully saturated rings. The minimum Gasteiger partial charge on any atom is -0.455 e. The second kappa shape index (κ2) is 10.6. The fraction of sp³-hybridized carbons (Fsp3) is 0.333. The molecule has 0 aliphatic heterocycles. The van der Waals surface area contributed by atoms with Crippen LogP contribution in [0.2, 0.25) is 0 Å². The van der Waals surface area contributed by atoms with Crippen LogP contribution in [-0.2, 0) is 16.4 Å². The third-order valence-electron chi connectivity index (χ3n) is 7.09. The summed E-state index contributed by atoms with van der Waals surface area (Å²) in [5, 5.41) is 0.666. The number of alkyl halides is 3. The lowest BCUT2D eigenvalue weighted by Crippen LogP contribution is -2.30. The summed E-state index contributed by atoms with van der Waals surface area (Å²) in [5.41, 5.74) is 2.41. The van der Waals surface area contributed by atoms with Gasteiger partial charge in [-0.3, -0.25) is 9.52 Å². The number of hydrogen-bond acceptors (Lipinski definition) is 5. The van der Waals surface area contributed by atoms with Crippen LogP contribution in [0.3, 0.4) is 0 Å². The van der Waals surface area contributed by atoms with Crippen LogP contribution in [0.1, 0.15) is 53.5 Å². The molecule has 1 atom stereocenters. The van der Waals surface area contributed by atoms with Crippen LogP contribution in [0.4, 0.5) is 18.9 Å². The van der Waals surface area contributed by atoms with Gasteiger partial charge in [-0.1, -0.05) is 31.0 Å². The van der Waals surface area contributed by atoms with E-state index in [0.717, 1.165) is 18.4 Å². The van der Waals surface area contributed by atoms with Crippen molar-refractivity contribution in [2.75, 3.05) is 4.72 Å². The van der Waals surface area contributed by atoms with Crippen LogP contribution in [-0.4, -0.2) is 29.4 Å². The van der Waals surface area contributed by atoms with E-state index in [-0.39, 0.29) is 23.1 Å². The zero-order valence-corrected chi connectivity index (χ0v) is 23.7. The topological polar surface area (TPSA) is 120 Å². The Labute approximate surface area is 236 Å². The number of sulfonamides is 1. The van der Waals surface area contributed by atoms with E-state index in [1.54, 1.807) is 30.1 Å². The van der Waals surface area contributed by atoms with Crippen LogP contribution in [0.5, 0.6) is 0 Å². The third kappa shape index (κ3) is 5.62. The summed E-state index contributed by atoms with van der Waals surface area (Å²) in [6, 6.07) is 11.2. The Morgan fingerprint density at radius 3 is 2.65 bits per heavy atom. The van der Waals surface area contributed by atoms with Gasteiger partial charge in [-0.2, -0.15) is 21.6 Å². The molecule has 1 amide bonds. The molecule has 2 aromatic heterocycles. The number of aromatic nitrogens is 2. The van der Waals surface area contributed by atoms with Crippen LogP contribution in [0.15, 0.2) is 57.7 Å². The molecule has 2 heterocycles. The minimum absolute atomic E-state index is 0.0654. The maximum atomic E-state index is 13.0. The Morgan fingerprint density at radius 1 is 1.25 bits per heavy atom. The number of hydrogen-bond donors (Lipinski definition) is 2. The Bertz CT molecular complexity index is 1690. The molecule has 13 heteroatoms. The molecule has 5 rings (SSSR count). The van der Waals surface area contributed by atoms with E-state index in [0.29, 0.717) is 39.2 Å². The first-order valence-electron chi connectivity index (χ1n) is 12.6. The molecule has 1 aliphatic carbocycles. The van der Waals surface area contributed by atoms with E-state index in [1.807, 2.05) is 16.7 Å². The van der Waals surface area contributed by atoms with E-state index in [2.05, 4.69) is 20.9 Å². The molecule has 8 nitrogen and oxygen atoms in total. The fourth-order valence-corrected chi connectivity index (χ4v) is 6.06. The second-order valence-electron chi connectivity index (χ2n) is 10.0. The van der Waals surface area contributed by atoms with Gasteiger partial charge >= 0.3 is 15.5 Å². The number of carbonyl (C=O) groups is 1. The van der Waals surface area contributed by atoms with Crippen molar-refractivity contribution in [3.8, 4) is 11.3 Å². The molecule has 0 spiro atoms. The summed E-state index contributed by atoms with van der Waals surface area (Å²) >= 11 is 3.51. The largest absolute Gasteiger partial charge is 0.516 e. The van der Waals surface area contributed by atoms with Gasteiger partial charge < -0.3 is 14.7 Å². The molecule has 0 saturated heterocycles. The van der Waals surface area contributed by atoms with Crippen molar-refractivity contribution in [1.29, 1.82) is 0 Å². The SMILES string of the molecule is Cc1ncn(C(CCC2CC2)Cc2ccc3oc(-c4ccccc4NS(=O)(=O)C(F)(F)F)c(Br)c3c2)c1C(N)=O. The van der Waals surface area contributed by atoms with Gasteiger partial charge in [0, 0.05) is 17.0 Å². The molecule has 0 bridgehead atoms. The predicted octanol–water partition coefficient (Wildman–Crippen LogP) is 6.70. The summed E-state index contributed by atoms with van der Waals surface area (Å²) in [4.78, 5) is 16.5. The van der Waals surface area contributed by atoms with E-state index in [4.69, 9.17) is 10.2 Å². The summed E-state index contributed by atoms with van der Waals surface area (Å²) in [6.45, 7) is 1.75. The average molecular weight is 639 g/mol. The number of nitrogens with two attached hydrogens (primary N) is 1. The number of halogens is 4. The highest BCUT2D eigenvalue weighted by Gasteiger charge is 2.46. The third-order valence-corrected chi connectivity index (χ3v) is 8.98. The number of primary amides is 1. The number of carbonyl (C=O) groups excluding carboxylic acids is 1. The summed E-state index contributed by atoms with van der Waals surface area (Å²) in [7, 11) is -5.63. The average Bonchev–Trinajstić information content (AvgIpc) is 3.55. The van der Waals surface area contributed by atoms with Crippen molar-refractivity contribution in [3.05, 3.63) is 70.2 Å². The van der Waals surface area contributed by atoms with Crippen molar-refractivity contribution in [2.45, 2.75) is 50.6 Å². The van der Waals surface area contributed by atoms with Crippen molar-refractivity contribution < 1.29 is 30.8 Å². The van der Waals surface area contributed by atoms with Crippen molar-refractivity contribution in [1.82, 2.24) is 9.55 Å². The van der Waals surface area contributed by atoms with Gasteiger partial charge in [-0.15, -0.1) is 0 Å². The zero-order valence-electron chi connectivity index (χ0n) is 21.3. The number of furan rings is 1. The summed E-state index contributed by atoms with van der Waals surface area (Å²) in [5.74, 6) is 0.329. The summed E-state index contributed by atoms with van der Waals surface area (Å²) in [6.07, 6.45) is 6.49. The maximum Gasteiger partial charge on any atom is 0.516 e. The smallest absolute Gasteiger partial charge is 0.455 e. The van der Waals surface area contributed by atoms with Gasteiger partial charge in [0.05, 0.1) is 22.2 Å². The molecule has 1 saturated carbocycles. The van der Waals surface area contributed by atoms with Crippen molar-refractivity contribution >= 4 is 48.5 Å². The number of rotatable bonds is 10.